The second-order valence-electron chi connectivity index (χ2n) is 4.20. The van der Waals surface area contributed by atoms with Crippen LogP contribution in [-0.2, 0) is 14.6 Å². The largest absolute Gasteiger partial charge is 0.338 e. The molecule has 1 aliphatic heterocycles. The van der Waals surface area contributed by atoms with Crippen molar-refractivity contribution in [3.05, 3.63) is 0 Å². The van der Waals surface area contributed by atoms with Crippen LogP contribution in [0.3, 0.4) is 0 Å². The van der Waals surface area contributed by atoms with Crippen molar-refractivity contribution in [2.45, 2.75) is 38.8 Å². The number of nitrogens with zero attached hydrogens (tertiary/aromatic N) is 1. The van der Waals surface area contributed by atoms with Crippen molar-refractivity contribution in [1.29, 1.82) is 0 Å². The molecule has 0 spiro atoms. The third-order valence-corrected chi connectivity index (χ3v) is 4.78. The van der Waals surface area contributed by atoms with Gasteiger partial charge in [-0.3, -0.25) is 4.79 Å². The Morgan fingerprint density at radius 2 is 2.06 bits per heavy atom. The van der Waals surface area contributed by atoms with Gasteiger partial charge in [-0.25, -0.2) is 8.42 Å². The molecule has 0 aromatic rings. The molecule has 0 saturated carbocycles. The predicted octanol–water partition coefficient (Wildman–Crippen LogP) is 0.181. The van der Waals surface area contributed by atoms with Crippen LogP contribution < -0.4 is 5.73 Å². The smallest absolute Gasteiger partial charge is 0.239 e. The SMILES string of the molecule is CC[C@H](N)C(=O)N(CC)C1CCS(=O)(=O)C1.Cl. The third kappa shape index (κ3) is 4.12. The lowest BCUT2D eigenvalue weighted by molar-refractivity contribution is -0.134. The van der Waals surface area contributed by atoms with E-state index in [9.17, 15) is 13.2 Å². The quantitative estimate of drug-likeness (QED) is 0.799. The fourth-order valence-corrected chi connectivity index (χ4v) is 3.73. The van der Waals surface area contributed by atoms with Gasteiger partial charge in [0.15, 0.2) is 9.84 Å². The van der Waals surface area contributed by atoms with Gasteiger partial charge in [0.1, 0.15) is 0 Å². The van der Waals surface area contributed by atoms with E-state index in [1.165, 1.54) is 0 Å². The number of carbonyl (C=O) groups is 1. The molecule has 17 heavy (non-hydrogen) atoms. The first kappa shape index (κ1) is 16.7. The van der Waals surface area contributed by atoms with Crippen LogP contribution >= 0.6 is 12.4 Å². The van der Waals surface area contributed by atoms with Gasteiger partial charge >= 0.3 is 0 Å². The van der Waals surface area contributed by atoms with Gasteiger partial charge in [0.2, 0.25) is 5.91 Å². The summed E-state index contributed by atoms with van der Waals surface area (Å²) in [6.45, 7) is 4.22. The van der Waals surface area contributed by atoms with Gasteiger partial charge in [-0.15, -0.1) is 12.4 Å². The lowest BCUT2D eigenvalue weighted by atomic mass is 10.1. The maximum atomic E-state index is 11.9. The molecule has 2 atom stereocenters. The first-order valence-corrected chi connectivity index (χ1v) is 7.50. The molecule has 1 unspecified atom stereocenters. The molecule has 0 aromatic heterocycles. The van der Waals surface area contributed by atoms with Gasteiger partial charge in [-0.2, -0.15) is 0 Å². The predicted molar refractivity (Wildman–Crippen MR) is 70.0 cm³/mol. The summed E-state index contributed by atoms with van der Waals surface area (Å²) in [5.41, 5.74) is 5.69. The van der Waals surface area contributed by atoms with Crippen LogP contribution in [0.4, 0.5) is 0 Å². The number of sulfone groups is 1. The van der Waals surface area contributed by atoms with Crippen LogP contribution in [0.25, 0.3) is 0 Å². The van der Waals surface area contributed by atoms with E-state index in [4.69, 9.17) is 5.73 Å². The molecule has 0 aromatic carbocycles. The highest BCUT2D eigenvalue weighted by Gasteiger charge is 2.34. The van der Waals surface area contributed by atoms with Gasteiger partial charge < -0.3 is 10.6 Å². The van der Waals surface area contributed by atoms with Crippen LogP contribution in [0.1, 0.15) is 26.7 Å². The summed E-state index contributed by atoms with van der Waals surface area (Å²) in [6, 6.07) is -0.691. The standard InChI is InChI=1S/C10H20N2O3S.ClH/c1-3-9(11)10(13)12(4-2)8-5-6-16(14,15)7-8;/h8-9H,3-7,11H2,1-2H3;1H/t8?,9-;/m0./s1. The molecule has 1 saturated heterocycles. The summed E-state index contributed by atoms with van der Waals surface area (Å²) in [5.74, 6) is 0.137. The molecule has 1 heterocycles. The minimum absolute atomic E-state index is 0. The van der Waals surface area contributed by atoms with Crippen LogP contribution in [0.15, 0.2) is 0 Å². The van der Waals surface area contributed by atoms with Crippen LogP contribution in [0.2, 0.25) is 0 Å². The molecule has 0 radical (unpaired) electrons. The molecule has 1 fully saturated rings. The molecule has 0 aliphatic carbocycles. The van der Waals surface area contributed by atoms with Crippen LogP contribution in [0.5, 0.6) is 0 Å². The fourth-order valence-electron chi connectivity index (χ4n) is 2.00. The first-order chi connectivity index (χ1) is 7.41. The van der Waals surface area contributed by atoms with E-state index in [1.54, 1.807) is 4.90 Å². The highest BCUT2D eigenvalue weighted by atomic mass is 35.5. The third-order valence-electron chi connectivity index (χ3n) is 3.03. The van der Waals surface area contributed by atoms with Crippen molar-refractivity contribution in [2.24, 2.45) is 5.73 Å². The van der Waals surface area contributed by atoms with Gasteiger partial charge in [0.05, 0.1) is 17.5 Å². The minimum atomic E-state index is -2.95. The maximum Gasteiger partial charge on any atom is 0.239 e. The molecule has 102 valence electrons. The summed E-state index contributed by atoms with van der Waals surface area (Å²) in [4.78, 5) is 13.5. The van der Waals surface area contributed by atoms with E-state index in [2.05, 4.69) is 0 Å². The van der Waals surface area contributed by atoms with E-state index in [0.717, 1.165) is 0 Å². The lowest BCUT2D eigenvalue weighted by Gasteiger charge is -2.29. The Morgan fingerprint density at radius 1 is 1.47 bits per heavy atom. The normalized spacial score (nSPS) is 23.8. The van der Waals surface area contributed by atoms with Crippen molar-refractivity contribution in [3.63, 3.8) is 0 Å². The topological polar surface area (TPSA) is 80.5 Å². The number of nitrogens with two attached hydrogens (primary N) is 1. The van der Waals surface area contributed by atoms with Crippen LogP contribution in [-0.4, -0.2) is 49.4 Å². The molecule has 0 bridgehead atoms. The summed E-state index contributed by atoms with van der Waals surface area (Å²) < 4.78 is 22.7. The minimum Gasteiger partial charge on any atom is -0.338 e. The monoisotopic (exact) mass is 284 g/mol. The average Bonchev–Trinajstić information content (AvgIpc) is 2.58. The van der Waals surface area contributed by atoms with Crippen molar-refractivity contribution in [2.75, 3.05) is 18.1 Å². The Bertz CT molecular complexity index is 359. The van der Waals surface area contributed by atoms with Crippen molar-refractivity contribution in [1.82, 2.24) is 4.90 Å². The zero-order chi connectivity index (χ0) is 12.3. The lowest BCUT2D eigenvalue weighted by Crippen LogP contribution is -2.48. The molecule has 1 rings (SSSR count). The number of carbonyl (C=O) groups excluding carboxylic acids is 1. The molecule has 1 amide bonds. The number of likely N-dealkylation sites (N-methyl/N-ethyl adjacent to an activating group) is 1. The van der Waals surface area contributed by atoms with Crippen molar-refractivity contribution in [3.8, 4) is 0 Å². The number of hydrogen-bond donors (Lipinski definition) is 1. The van der Waals surface area contributed by atoms with E-state index in [1.807, 2.05) is 13.8 Å². The summed E-state index contributed by atoms with van der Waals surface area (Å²) >= 11 is 0. The Morgan fingerprint density at radius 3 is 2.41 bits per heavy atom. The number of halogens is 1. The van der Waals surface area contributed by atoms with Crippen LogP contribution in [0, 0.1) is 0 Å². The Kier molecular flexibility index (Phi) is 6.43. The molecule has 7 heteroatoms. The van der Waals surface area contributed by atoms with E-state index in [0.29, 0.717) is 19.4 Å². The fraction of sp³-hybridized carbons (Fsp3) is 0.900. The Hall–Kier alpha value is -0.330. The summed E-state index contributed by atoms with van der Waals surface area (Å²) in [5, 5.41) is 0. The molecule has 5 nitrogen and oxygen atoms in total. The highest BCUT2D eigenvalue weighted by Crippen LogP contribution is 2.18. The molecule has 1 aliphatic rings. The Labute approximate surface area is 109 Å². The van der Waals surface area contributed by atoms with Crippen molar-refractivity contribution >= 4 is 28.2 Å². The maximum absolute atomic E-state index is 11.9. The number of hydrogen-bond acceptors (Lipinski definition) is 4. The zero-order valence-electron chi connectivity index (χ0n) is 10.3. The van der Waals surface area contributed by atoms with E-state index in [-0.39, 0.29) is 35.9 Å². The zero-order valence-corrected chi connectivity index (χ0v) is 11.9. The second-order valence-corrected chi connectivity index (χ2v) is 6.42. The van der Waals surface area contributed by atoms with E-state index >= 15 is 0 Å². The highest BCUT2D eigenvalue weighted by molar-refractivity contribution is 7.91. The van der Waals surface area contributed by atoms with Gasteiger partial charge in [0, 0.05) is 12.6 Å². The van der Waals surface area contributed by atoms with Gasteiger partial charge in [0.25, 0.3) is 0 Å². The summed E-state index contributed by atoms with van der Waals surface area (Å²) in [7, 11) is -2.95. The molecular formula is C10H21ClN2O3S. The van der Waals surface area contributed by atoms with Crippen molar-refractivity contribution < 1.29 is 13.2 Å². The molecule has 2 N–H and O–H groups in total. The summed E-state index contributed by atoms with van der Waals surface area (Å²) in [6.07, 6.45) is 1.12. The number of amides is 1. The second kappa shape index (κ2) is 6.56. The first-order valence-electron chi connectivity index (χ1n) is 5.67. The van der Waals surface area contributed by atoms with Gasteiger partial charge in [-0.1, -0.05) is 6.92 Å². The number of rotatable bonds is 4. The Balaban J connectivity index is 0.00000256. The average molecular weight is 285 g/mol. The van der Waals surface area contributed by atoms with E-state index < -0.39 is 15.9 Å². The van der Waals surface area contributed by atoms with Gasteiger partial charge in [-0.05, 0) is 19.8 Å². The molecular weight excluding hydrogens is 264 g/mol.